The third kappa shape index (κ3) is 3.60. The number of halogens is 2. The summed E-state index contributed by atoms with van der Waals surface area (Å²) in [7, 11) is 0. The van der Waals surface area contributed by atoms with E-state index in [0.29, 0.717) is 11.1 Å². The van der Waals surface area contributed by atoms with Crippen LogP contribution in [0.25, 0.3) is 10.2 Å². The van der Waals surface area contributed by atoms with Gasteiger partial charge in [-0.15, -0.1) is 22.7 Å². The van der Waals surface area contributed by atoms with Gasteiger partial charge in [0.1, 0.15) is 5.15 Å². The zero-order valence-electron chi connectivity index (χ0n) is 13.6. The number of anilines is 1. The summed E-state index contributed by atoms with van der Waals surface area (Å²) in [6.07, 6.45) is 4.73. The Morgan fingerprint density at radius 2 is 2.20 bits per heavy atom. The van der Waals surface area contributed by atoms with Gasteiger partial charge in [-0.25, -0.2) is 4.98 Å². The first-order valence-corrected chi connectivity index (χ1v) is 11.3. The van der Waals surface area contributed by atoms with Crippen LogP contribution in [-0.2, 0) is 6.54 Å². The zero-order chi connectivity index (χ0) is 17.4. The number of rotatable bonds is 4. The van der Waals surface area contributed by atoms with Crippen LogP contribution in [0.2, 0.25) is 5.15 Å². The van der Waals surface area contributed by atoms with E-state index in [1.165, 1.54) is 22.6 Å². The van der Waals surface area contributed by atoms with Gasteiger partial charge in [0.2, 0.25) is 0 Å². The Morgan fingerprint density at radius 3 is 2.96 bits per heavy atom. The zero-order valence-corrected chi connectivity index (χ0v) is 17.6. The largest absolute Gasteiger partial charge is 0.379 e. The normalized spacial score (nSPS) is 20.9. The number of nitrogens with two attached hydrogens (primary N) is 1. The van der Waals surface area contributed by atoms with E-state index in [9.17, 15) is 0 Å². The summed E-state index contributed by atoms with van der Waals surface area (Å²) in [5, 5.41) is 6.14. The van der Waals surface area contributed by atoms with Gasteiger partial charge in [-0.3, -0.25) is 0 Å². The van der Waals surface area contributed by atoms with Gasteiger partial charge >= 0.3 is 0 Å². The topological polar surface area (TPSA) is 50.9 Å². The van der Waals surface area contributed by atoms with Gasteiger partial charge in [0.15, 0.2) is 0 Å². The van der Waals surface area contributed by atoms with E-state index in [1.54, 1.807) is 22.7 Å². The van der Waals surface area contributed by atoms with E-state index >= 15 is 0 Å². The second kappa shape index (κ2) is 7.53. The predicted octanol–water partition coefficient (Wildman–Crippen LogP) is 6.37. The van der Waals surface area contributed by atoms with Crippen molar-refractivity contribution in [2.75, 3.05) is 5.32 Å². The Kier molecular flexibility index (Phi) is 5.34. The molecular formula is C18H19BrClN3S2. The van der Waals surface area contributed by atoms with Crippen molar-refractivity contribution in [2.24, 2.45) is 5.73 Å². The highest BCUT2D eigenvalue weighted by Crippen LogP contribution is 2.46. The van der Waals surface area contributed by atoms with Gasteiger partial charge in [0, 0.05) is 34.3 Å². The van der Waals surface area contributed by atoms with Crippen LogP contribution in [0, 0.1) is 0 Å². The Hall–Kier alpha value is -0.660. The lowest BCUT2D eigenvalue weighted by atomic mass is 9.84. The van der Waals surface area contributed by atoms with Crippen molar-refractivity contribution in [3.8, 4) is 0 Å². The molecule has 2 atom stereocenters. The van der Waals surface area contributed by atoms with E-state index < -0.39 is 0 Å². The Labute approximate surface area is 168 Å². The van der Waals surface area contributed by atoms with Crippen LogP contribution in [-0.4, -0.2) is 11.0 Å². The first kappa shape index (κ1) is 17.7. The Morgan fingerprint density at radius 1 is 1.36 bits per heavy atom. The molecule has 0 aromatic carbocycles. The minimum atomic E-state index is 0.233. The molecule has 1 aliphatic carbocycles. The van der Waals surface area contributed by atoms with E-state index in [2.05, 4.69) is 43.7 Å². The average molecular weight is 457 g/mol. The fourth-order valence-electron chi connectivity index (χ4n) is 3.48. The number of nitrogens with one attached hydrogen (secondary N) is 1. The van der Waals surface area contributed by atoms with Crippen LogP contribution in [0.3, 0.4) is 0 Å². The highest BCUT2D eigenvalue weighted by atomic mass is 79.9. The number of nitrogens with zero attached hydrogens (tertiary/aromatic N) is 1. The molecule has 1 fully saturated rings. The molecule has 0 aliphatic heterocycles. The summed E-state index contributed by atoms with van der Waals surface area (Å²) in [4.78, 5) is 7.19. The maximum absolute atomic E-state index is 6.42. The summed E-state index contributed by atoms with van der Waals surface area (Å²) >= 11 is 13.6. The van der Waals surface area contributed by atoms with Crippen molar-refractivity contribution in [1.29, 1.82) is 0 Å². The fourth-order valence-corrected chi connectivity index (χ4v) is 6.60. The summed E-state index contributed by atoms with van der Waals surface area (Å²) < 4.78 is 2.22. The van der Waals surface area contributed by atoms with Crippen molar-refractivity contribution < 1.29 is 0 Å². The summed E-state index contributed by atoms with van der Waals surface area (Å²) in [6.45, 7) is 0.793. The monoisotopic (exact) mass is 455 g/mol. The molecule has 0 spiro atoms. The van der Waals surface area contributed by atoms with Crippen LogP contribution in [0.15, 0.2) is 28.1 Å². The molecule has 0 saturated heterocycles. The van der Waals surface area contributed by atoms with Crippen LogP contribution in [0.5, 0.6) is 0 Å². The number of hydrogen-bond donors (Lipinski definition) is 2. The van der Waals surface area contributed by atoms with Gasteiger partial charge < -0.3 is 11.1 Å². The lowest BCUT2D eigenvalue weighted by molar-refractivity contribution is 0.389. The number of thiophene rings is 2. The smallest absolute Gasteiger partial charge is 0.131 e. The number of fused-ring (bicyclic) bond motifs is 1. The van der Waals surface area contributed by atoms with Crippen LogP contribution >= 0.6 is 50.2 Å². The molecule has 3 heterocycles. The predicted molar refractivity (Wildman–Crippen MR) is 113 cm³/mol. The van der Waals surface area contributed by atoms with Crippen molar-refractivity contribution in [3.63, 3.8) is 0 Å². The molecule has 0 radical (unpaired) electrons. The molecule has 132 valence electrons. The number of aromatic nitrogens is 1. The van der Waals surface area contributed by atoms with E-state index in [0.717, 1.165) is 39.8 Å². The second-order valence-electron chi connectivity index (χ2n) is 6.44. The Bertz CT molecular complexity index is 878. The summed E-state index contributed by atoms with van der Waals surface area (Å²) in [6, 6.07) is 6.36. The molecule has 3 aromatic heterocycles. The molecule has 3 aromatic rings. The number of pyridine rings is 1. The van der Waals surface area contributed by atoms with Crippen LogP contribution in [0.1, 0.15) is 41.4 Å². The molecule has 3 N–H and O–H groups in total. The van der Waals surface area contributed by atoms with Crippen molar-refractivity contribution in [2.45, 2.75) is 44.2 Å². The number of hydrogen-bond acceptors (Lipinski definition) is 5. The molecular weight excluding hydrogens is 438 g/mol. The van der Waals surface area contributed by atoms with Crippen molar-refractivity contribution in [3.05, 3.63) is 43.0 Å². The van der Waals surface area contributed by atoms with Gasteiger partial charge in [0.25, 0.3) is 0 Å². The SMILES string of the molecule is N[C@H]1CCCC[C@@H]1c1sc2c(NCc3cccs3)cc(Cl)nc2c1Br. The quantitative estimate of drug-likeness (QED) is 0.448. The van der Waals surface area contributed by atoms with Crippen LogP contribution in [0.4, 0.5) is 5.69 Å². The van der Waals surface area contributed by atoms with E-state index in [1.807, 2.05) is 6.07 Å². The lowest BCUT2D eigenvalue weighted by Crippen LogP contribution is -2.30. The maximum atomic E-state index is 6.42. The highest BCUT2D eigenvalue weighted by Gasteiger charge is 2.28. The lowest BCUT2D eigenvalue weighted by Gasteiger charge is -2.28. The fraction of sp³-hybridized carbons (Fsp3) is 0.389. The van der Waals surface area contributed by atoms with Gasteiger partial charge in [0.05, 0.1) is 20.4 Å². The molecule has 3 nitrogen and oxygen atoms in total. The van der Waals surface area contributed by atoms with Gasteiger partial charge in [-0.1, -0.05) is 30.5 Å². The highest BCUT2D eigenvalue weighted by molar-refractivity contribution is 9.10. The molecule has 4 rings (SSSR count). The minimum absolute atomic E-state index is 0.233. The van der Waals surface area contributed by atoms with Crippen molar-refractivity contribution in [1.82, 2.24) is 4.98 Å². The molecule has 1 saturated carbocycles. The van der Waals surface area contributed by atoms with Crippen molar-refractivity contribution >= 4 is 66.1 Å². The summed E-state index contributed by atoms with van der Waals surface area (Å²) in [5.41, 5.74) is 8.41. The third-order valence-electron chi connectivity index (χ3n) is 4.77. The molecule has 1 aliphatic rings. The first-order valence-electron chi connectivity index (χ1n) is 8.43. The maximum Gasteiger partial charge on any atom is 0.131 e. The first-order chi connectivity index (χ1) is 12.1. The molecule has 0 unspecified atom stereocenters. The average Bonchev–Trinajstić information content (AvgIpc) is 3.22. The van der Waals surface area contributed by atoms with E-state index in [4.69, 9.17) is 17.3 Å². The van der Waals surface area contributed by atoms with E-state index in [-0.39, 0.29) is 6.04 Å². The molecule has 7 heteroatoms. The third-order valence-corrected chi connectivity index (χ3v) is 8.25. The Balaban J connectivity index is 1.72. The molecule has 25 heavy (non-hydrogen) atoms. The minimum Gasteiger partial charge on any atom is -0.379 e. The van der Waals surface area contributed by atoms with Gasteiger partial charge in [-0.2, -0.15) is 0 Å². The molecule has 0 amide bonds. The summed E-state index contributed by atoms with van der Waals surface area (Å²) in [5.74, 6) is 0.409. The second-order valence-corrected chi connectivity index (χ2v) is 9.70. The van der Waals surface area contributed by atoms with Crippen LogP contribution < -0.4 is 11.1 Å². The van der Waals surface area contributed by atoms with Gasteiger partial charge in [-0.05, 0) is 40.2 Å². The standard InChI is InChI=1S/C18H19BrClN3S2/c19-15-16-18(25-17(15)11-5-1-2-6-12(11)21)13(8-14(20)23-16)22-9-10-4-3-7-24-10/h3-4,7-8,11-12H,1-2,5-6,9,21H2,(H,22,23)/t11-,12-/m0/s1. The molecule has 0 bridgehead atoms.